The third kappa shape index (κ3) is 5.53. The zero-order chi connectivity index (χ0) is 11.5. The molecule has 16 heavy (non-hydrogen) atoms. The van der Waals surface area contributed by atoms with E-state index in [0.717, 1.165) is 19.0 Å². The number of nitrogens with zero attached hydrogens (tertiary/aromatic N) is 2. The average Bonchev–Trinajstić information content (AvgIpc) is 2.44. The van der Waals surface area contributed by atoms with Gasteiger partial charge in [-0.1, -0.05) is 0 Å². The molecule has 0 bridgehead atoms. The van der Waals surface area contributed by atoms with Gasteiger partial charge in [-0.3, -0.25) is 9.79 Å². The van der Waals surface area contributed by atoms with Crippen molar-refractivity contribution >= 4 is 35.9 Å². The minimum Gasteiger partial charge on any atom is -0.459 e. The van der Waals surface area contributed by atoms with Gasteiger partial charge in [-0.2, -0.15) is 0 Å². The normalized spacial score (nSPS) is 15.2. The van der Waals surface area contributed by atoms with Crippen molar-refractivity contribution in [1.82, 2.24) is 10.2 Å². The second kappa shape index (κ2) is 6.27. The Morgan fingerprint density at radius 3 is 2.62 bits per heavy atom. The Hall–Kier alpha value is -0.530. The number of ether oxygens (including phenoxy) is 1. The predicted octanol–water partition coefficient (Wildman–Crippen LogP) is 0.837. The summed E-state index contributed by atoms with van der Waals surface area (Å²) in [5.74, 6) is 0.506. The second-order valence-corrected chi connectivity index (χ2v) is 4.57. The third-order valence-electron chi connectivity index (χ3n) is 1.87. The van der Waals surface area contributed by atoms with Crippen LogP contribution in [0.5, 0.6) is 0 Å². The summed E-state index contributed by atoms with van der Waals surface area (Å²) in [5.41, 5.74) is -0.428. The van der Waals surface area contributed by atoms with E-state index in [2.05, 4.69) is 10.3 Å². The number of likely N-dealkylation sites (N-methyl/N-ethyl adjacent to an activating group) is 1. The Kier molecular flexibility index (Phi) is 6.06. The number of esters is 1. The lowest BCUT2D eigenvalue weighted by atomic mass is 10.2. The third-order valence-corrected chi connectivity index (χ3v) is 1.87. The molecule has 0 atom stereocenters. The molecule has 0 amide bonds. The molecule has 0 fully saturated rings. The highest BCUT2D eigenvalue weighted by atomic mass is 127. The summed E-state index contributed by atoms with van der Waals surface area (Å²) in [6.07, 6.45) is 0. The van der Waals surface area contributed by atoms with Crippen molar-refractivity contribution in [3.05, 3.63) is 0 Å². The topological polar surface area (TPSA) is 53.9 Å². The van der Waals surface area contributed by atoms with Crippen LogP contribution in [0.4, 0.5) is 0 Å². The number of halogens is 1. The maximum atomic E-state index is 11.4. The molecule has 0 aliphatic carbocycles. The van der Waals surface area contributed by atoms with E-state index in [1.54, 1.807) is 0 Å². The van der Waals surface area contributed by atoms with Gasteiger partial charge < -0.3 is 15.0 Å². The van der Waals surface area contributed by atoms with Crippen LogP contribution in [0.3, 0.4) is 0 Å². The molecular formula is C10H20IN3O2. The van der Waals surface area contributed by atoms with E-state index in [4.69, 9.17) is 4.74 Å². The van der Waals surface area contributed by atoms with Crippen LogP contribution >= 0.6 is 24.0 Å². The first-order chi connectivity index (χ1) is 6.88. The average molecular weight is 341 g/mol. The molecule has 0 aromatic carbocycles. The lowest BCUT2D eigenvalue weighted by molar-refractivity contribution is -0.153. The lowest BCUT2D eigenvalue weighted by Crippen LogP contribution is -2.40. The molecule has 1 aliphatic heterocycles. The zero-order valence-electron chi connectivity index (χ0n) is 10.2. The van der Waals surface area contributed by atoms with E-state index in [0.29, 0.717) is 0 Å². The Morgan fingerprint density at radius 2 is 2.19 bits per heavy atom. The van der Waals surface area contributed by atoms with Crippen LogP contribution in [0.25, 0.3) is 0 Å². The van der Waals surface area contributed by atoms with Gasteiger partial charge in [0, 0.05) is 13.6 Å². The number of carbonyl (C=O) groups is 1. The predicted molar refractivity (Wildman–Crippen MR) is 74.2 cm³/mol. The fraction of sp³-hybridized carbons (Fsp3) is 0.800. The van der Waals surface area contributed by atoms with E-state index in [9.17, 15) is 4.79 Å². The number of hydrogen-bond acceptors (Lipinski definition) is 5. The molecule has 0 radical (unpaired) electrons. The van der Waals surface area contributed by atoms with Crippen molar-refractivity contribution in [3.63, 3.8) is 0 Å². The quantitative estimate of drug-likeness (QED) is 0.597. The highest BCUT2D eigenvalue weighted by Gasteiger charge is 2.18. The van der Waals surface area contributed by atoms with Crippen molar-refractivity contribution < 1.29 is 9.53 Å². The highest BCUT2D eigenvalue weighted by molar-refractivity contribution is 14.0. The number of guanidine groups is 1. The number of rotatable bonds is 2. The summed E-state index contributed by atoms with van der Waals surface area (Å²) < 4.78 is 5.16. The molecule has 0 aromatic rings. The Labute approximate surface area is 114 Å². The summed E-state index contributed by atoms with van der Waals surface area (Å²) >= 11 is 0. The van der Waals surface area contributed by atoms with Gasteiger partial charge in [0.1, 0.15) is 12.1 Å². The van der Waals surface area contributed by atoms with Gasteiger partial charge >= 0.3 is 5.97 Å². The zero-order valence-corrected chi connectivity index (χ0v) is 12.6. The van der Waals surface area contributed by atoms with E-state index in [-0.39, 0.29) is 36.5 Å². The summed E-state index contributed by atoms with van der Waals surface area (Å²) in [6.45, 7) is 7.41. The fourth-order valence-corrected chi connectivity index (χ4v) is 1.25. The number of hydrogen-bond donors (Lipinski definition) is 1. The summed E-state index contributed by atoms with van der Waals surface area (Å²) in [6, 6.07) is 0. The summed E-state index contributed by atoms with van der Waals surface area (Å²) in [7, 11) is 1.94. The summed E-state index contributed by atoms with van der Waals surface area (Å²) in [5, 5.41) is 2.96. The standard InChI is InChI=1S/C10H19N3O2.HI/c1-10(2,3)15-8(14)7-12-9-11-5-6-13(9)4;/h5-7H2,1-4H3,(H,11,12);1H. The minimum absolute atomic E-state index is 0. The van der Waals surface area contributed by atoms with Gasteiger partial charge in [-0.25, -0.2) is 0 Å². The minimum atomic E-state index is -0.428. The molecule has 5 nitrogen and oxygen atoms in total. The van der Waals surface area contributed by atoms with Gasteiger partial charge in [0.2, 0.25) is 0 Å². The molecule has 0 saturated heterocycles. The molecular weight excluding hydrogens is 321 g/mol. The smallest absolute Gasteiger partial charge is 0.325 e. The van der Waals surface area contributed by atoms with Crippen LogP contribution in [-0.2, 0) is 9.53 Å². The summed E-state index contributed by atoms with van der Waals surface area (Å²) in [4.78, 5) is 17.5. The molecule has 0 aromatic heterocycles. The van der Waals surface area contributed by atoms with Gasteiger partial charge in [0.25, 0.3) is 0 Å². The van der Waals surface area contributed by atoms with Crippen LogP contribution in [-0.4, -0.2) is 49.1 Å². The molecule has 0 saturated carbocycles. The maximum absolute atomic E-state index is 11.4. The molecule has 1 N–H and O–H groups in total. The molecule has 94 valence electrons. The molecule has 0 spiro atoms. The van der Waals surface area contributed by atoms with E-state index in [1.165, 1.54) is 0 Å². The van der Waals surface area contributed by atoms with Crippen molar-refractivity contribution in [2.24, 2.45) is 4.99 Å². The van der Waals surface area contributed by atoms with Crippen LogP contribution in [0.2, 0.25) is 0 Å². The van der Waals surface area contributed by atoms with Crippen LogP contribution in [0.15, 0.2) is 4.99 Å². The number of aliphatic imine (C=N–C) groups is 1. The Bertz CT molecular complexity index is 274. The molecule has 1 rings (SSSR count). The van der Waals surface area contributed by atoms with Gasteiger partial charge in [0.05, 0.1) is 6.54 Å². The largest absolute Gasteiger partial charge is 0.459 e. The SMILES string of the molecule is CN1CCN=C1NCC(=O)OC(C)(C)C.I. The lowest BCUT2D eigenvalue weighted by Gasteiger charge is -2.20. The molecule has 1 aliphatic rings. The number of nitrogens with one attached hydrogen (secondary N) is 1. The maximum Gasteiger partial charge on any atom is 0.325 e. The molecule has 0 unspecified atom stereocenters. The van der Waals surface area contributed by atoms with Gasteiger partial charge in [-0.05, 0) is 20.8 Å². The van der Waals surface area contributed by atoms with E-state index < -0.39 is 5.60 Å². The van der Waals surface area contributed by atoms with Crippen LogP contribution in [0.1, 0.15) is 20.8 Å². The van der Waals surface area contributed by atoms with Crippen molar-refractivity contribution in [3.8, 4) is 0 Å². The van der Waals surface area contributed by atoms with Crippen LogP contribution < -0.4 is 5.32 Å². The second-order valence-electron chi connectivity index (χ2n) is 4.57. The molecule has 1 heterocycles. The first-order valence-electron chi connectivity index (χ1n) is 5.10. The molecule has 6 heteroatoms. The Balaban J connectivity index is 0.00000225. The highest BCUT2D eigenvalue weighted by Crippen LogP contribution is 2.06. The number of carbonyl (C=O) groups excluding carboxylic acids is 1. The van der Waals surface area contributed by atoms with Gasteiger partial charge in [-0.15, -0.1) is 24.0 Å². The first kappa shape index (κ1) is 15.5. The van der Waals surface area contributed by atoms with Crippen molar-refractivity contribution in [2.75, 3.05) is 26.7 Å². The van der Waals surface area contributed by atoms with Crippen LogP contribution in [0, 0.1) is 0 Å². The van der Waals surface area contributed by atoms with Gasteiger partial charge in [0.15, 0.2) is 5.96 Å². The monoisotopic (exact) mass is 341 g/mol. The van der Waals surface area contributed by atoms with E-state index in [1.807, 2.05) is 32.7 Å². The van der Waals surface area contributed by atoms with E-state index >= 15 is 0 Å². The van der Waals surface area contributed by atoms with Crippen molar-refractivity contribution in [2.45, 2.75) is 26.4 Å². The fourth-order valence-electron chi connectivity index (χ4n) is 1.25. The Morgan fingerprint density at radius 1 is 1.56 bits per heavy atom. The van der Waals surface area contributed by atoms with Crippen molar-refractivity contribution in [1.29, 1.82) is 0 Å². The first-order valence-corrected chi connectivity index (χ1v) is 5.10.